The maximum absolute atomic E-state index is 9.16. The second-order valence-corrected chi connectivity index (χ2v) is 4.40. The molecule has 18 heavy (non-hydrogen) atoms. The van der Waals surface area contributed by atoms with E-state index in [-0.39, 0.29) is 6.61 Å². The third-order valence-corrected chi connectivity index (χ3v) is 3.34. The third-order valence-electron chi connectivity index (χ3n) is 2.80. The summed E-state index contributed by atoms with van der Waals surface area (Å²) in [5, 5.41) is 23.1. The van der Waals surface area contributed by atoms with E-state index in [0.29, 0.717) is 21.8 Å². The summed E-state index contributed by atoms with van der Waals surface area (Å²) in [4.78, 5) is 0. The highest BCUT2D eigenvalue weighted by Crippen LogP contribution is 2.24. The molecule has 4 nitrogen and oxygen atoms in total. The molecule has 1 N–H and O–H groups in total. The predicted octanol–water partition coefficient (Wildman–Crippen LogP) is 2.51. The lowest BCUT2D eigenvalue weighted by molar-refractivity contribution is 0.282. The highest BCUT2D eigenvalue weighted by Gasteiger charge is 2.13. The lowest BCUT2D eigenvalue weighted by Crippen LogP contribution is -2.02. The maximum atomic E-state index is 9.16. The Labute approximate surface area is 110 Å². The van der Waals surface area contributed by atoms with Crippen molar-refractivity contribution < 1.29 is 5.11 Å². The molecule has 0 aliphatic rings. The van der Waals surface area contributed by atoms with Crippen molar-refractivity contribution in [3.63, 3.8) is 0 Å². The zero-order valence-electron chi connectivity index (χ0n) is 10.1. The number of nitriles is 1. The Balaban J connectivity index is 2.64. The summed E-state index contributed by atoms with van der Waals surface area (Å²) >= 11 is 6.10. The molecule has 0 radical (unpaired) electrons. The first kappa shape index (κ1) is 12.6. The van der Waals surface area contributed by atoms with Crippen LogP contribution >= 0.6 is 11.6 Å². The molecule has 1 aromatic carbocycles. The topological polar surface area (TPSA) is 61.8 Å². The molecule has 0 amide bonds. The number of benzene rings is 1. The first-order chi connectivity index (χ1) is 8.58. The molecule has 0 unspecified atom stereocenters. The molecule has 5 heteroatoms. The normalized spacial score (nSPS) is 10.4. The lowest BCUT2D eigenvalue weighted by atomic mass is 10.1. The number of hydrogen-bond acceptors (Lipinski definition) is 3. The van der Waals surface area contributed by atoms with Crippen LogP contribution < -0.4 is 0 Å². The fourth-order valence-electron chi connectivity index (χ4n) is 1.81. The first-order valence-corrected chi connectivity index (χ1v) is 5.82. The van der Waals surface area contributed by atoms with Gasteiger partial charge in [-0.15, -0.1) is 0 Å². The van der Waals surface area contributed by atoms with E-state index in [1.807, 2.05) is 13.8 Å². The Morgan fingerprint density at radius 2 is 2.17 bits per heavy atom. The summed E-state index contributed by atoms with van der Waals surface area (Å²) in [6, 6.07) is 7.29. The number of halogens is 1. The van der Waals surface area contributed by atoms with Crippen LogP contribution in [-0.2, 0) is 6.61 Å². The number of aliphatic hydroxyl groups is 1. The Morgan fingerprint density at radius 1 is 1.44 bits per heavy atom. The van der Waals surface area contributed by atoms with Crippen LogP contribution in [0.1, 0.15) is 22.5 Å². The van der Waals surface area contributed by atoms with Gasteiger partial charge < -0.3 is 5.11 Å². The van der Waals surface area contributed by atoms with Crippen LogP contribution in [0.4, 0.5) is 0 Å². The molecule has 0 saturated carbocycles. The fraction of sp³-hybridized carbons (Fsp3) is 0.231. The fourth-order valence-corrected chi connectivity index (χ4v) is 1.93. The molecule has 2 rings (SSSR count). The van der Waals surface area contributed by atoms with Crippen LogP contribution in [0.2, 0.25) is 5.02 Å². The molecular weight excluding hydrogens is 250 g/mol. The number of aliphatic hydroxyl groups excluding tert-OH is 1. The molecular formula is C13H12ClN3O. The monoisotopic (exact) mass is 261 g/mol. The van der Waals surface area contributed by atoms with Crippen molar-refractivity contribution in [3.05, 3.63) is 45.7 Å². The van der Waals surface area contributed by atoms with Gasteiger partial charge in [0.25, 0.3) is 0 Å². The van der Waals surface area contributed by atoms with E-state index in [0.717, 1.165) is 11.4 Å². The molecule has 1 heterocycles. The second-order valence-electron chi connectivity index (χ2n) is 4.02. The van der Waals surface area contributed by atoms with Gasteiger partial charge in [0.2, 0.25) is 0 Å². The number of rotatable bonds is 2. The van der Waals surface area contributed by atoms with Crippen molar-refractivity contribution in [1.29, 1.82) is 5.26 Å². The van der Waals surface area contributed by atoms with Crippen LogP contribution in [0.25, 0.3) is 5.69 Å². The van der Waals surface area contributed by atoms with Gasteiger partial charge in [-0.2, -0.15) is 10.4 Å². The van der Waals surface area contributed by atoms with Gasteiger partial charge in [0.1, 0.15) is 6.07 Å². The van der Waals surface area contributed by atoms with Gasteiger partial charge in [-0.05, 0) is 31.5 Å². The van der Waals surface area contributed by atoms with Crippen LogP contribution in [0.3, 0.4) is 0 Å². The van der Waals surface area contributed by atoms with Gasteiger partial charge in [-0.1, -0.05) is 17.7 Å². The summed E-state index contributed by atoms with van der Waals surface area (Å²) in [5.41, 5.74) is 3.35. The largest absolute Gasteiger partial charge is 0.392 e. The van der Waals surface area contributed by atoms with Crippen molar-refractivity contribution in [3.8, 4) is 11.8 Å². The molecule has 0 aliphatic carbocycles. The van der Waals surface area contributed by atoms with Crippen LogP contribution in [0.5, 0.6) is 0 Å². The van der Waals surface area contributed by atoms with Crippen LogP contribution in [0, 0.1) is 25.2 Å². The van der Waals surface area contributed by atoms with Crippen molar-refractivity contribution >= 4 is 11.6 Å². The summed E-state index contributed by atoms with van der Waals surface area (Å²) < 4.78 is 1.65. The summed E-state index contributed by atoms with van der Waals surface area (Å²) in [7, 11) is 0. The molecule has 1 aromatic heterocycles. The smallest absolute Gasteiger partial charge is 0.101 e. The zero-order chi connectivity index (χ0) is 13.3. The van der Waals surface area contributed by atoms with Gasteiger partial charge in [0.05, 0.1) is 34.3 Å². The first-order valence-electron chi connectivity index (χ1n) is 5.44. The standard InChI is InChI=1S/C13H12ClN3O/c1-8-13(14)9(2)17(16-8)12-4-3-10(7-18)5-11(12)6-15/h3-5,18H,7H2,1-2H3. The highest BCUT2D eigenvalue weighted by atomic mass is 35.5. The van der Waals surface area contributed by atoms with Gasteiger partial charge in [-0.25, -0.2) is 4.68 Å². The minimum Gasteiger partial charge on any atom is -0.392 e. The third kappa shape index (κ3) is 1.99. The van der Waals surface area contributed by atoms with Gasteiger partial charge in [0.15, 0.2) is 0 Å². The minimum atomic E-state index is -0.0904. The van der Waals surface area contributed by atoms with E-state index < -0.39 is 0 Å². The van der Waals surface area contributed by atoms with Crippen molar-refractivity contribution in [2.75, 3.05) is 0 Å². The van der Waals surface area contributed by atoms with E-state index in [1.54, 1.807) is 22.9 Å². The van der Waals surface area contributed by atoms with Crippen LogP contribution in [-0.4, -0.2) is 14.9 Å². The molecule has 0 bridgehead atoms. The van der Waals surface area contributed by atoms with E-state index in [1.165, 1.54) is 0 Å². The second kappa shape index (κ2) is 4.81. The van der Waals surface area contributed by atoms with Crippen LogP contribution in [0.15, 0.2) is 18.2 Å². The highest BCUT2D eigenvalue weighted by molar-refractivity contribution is 6.31. The van der Waals surface area contributed by atoms with E-state index in [2.05, 4.69) is 11.2 Å². The number of hydrogen-bond donors (Lipinski definition) is 1. The van der Waals surface area contributed by atoms with Gasteiger partial charge in [-0.3, -0.25) is 0 Å². The molecule has 0 spiro atoms. The molecule has 92 valence electrons. The van der Waals surface area contributed by atoms with Crippen molar-refractivity contribution in [2.45, 2.75) is 20.5 Å². The number of nitrogens with zero attached hydrogens (tertiary/aromatic N) is 3. The Kier molecular flexibility index (Phi) is 3.37. The number of aryl methyl sites for hydroxylation is 1. The summed E-state index contributed by atoms with van der Waals surface area (Å²) in [5.74, 6) is 0. The van der Waals surface area contributed by atoms with Gasteiger partial charge >= 0.3 is 0 Å². The lowest BCUT2D eigenvalue weighted by Gasteiger charge is -2.07. The Bertz CT molecular complexity index is 640. The zero-order valence-corrected chi connectivity index (χ0v) is 10.9. The molecule has 0 atom stereocenters. The van der Waals surface area contributed by atoms with E-state index >= 15 is 0 Å². The van der Waals surface area contributed by atoms with Crippen molar-refractivity contribution in [2.24, 2.45) is 0 Å². The molecule has 2 aromatic rings. The predicted molar refractivity (Wildman–Crippen MR) is 68.7 cm³/mol. The molecule has 0 saturated heterocycles. The molecule has 0 fully saturated rings. The number of aromatic nitrogens is 2. The SMILES string of the molecule is Cc1nn(-c2ccc(CO)cc2C#N)c(C)c1Cl. The Hall–Kier alpha value is -1.83. The quantitative estimate of drug-likeness (QED) is 0.903. The maximum Gasteiger partial charge on any atom is 0.101 e. The van der Waals surface area contributed by atoms with E-state index in [9.17, 15) is 0 Å². The summed E-state index contributed by atoms with van der Waals surface area (Å²) in [6.45, 7) is 3.58. The average Bonchev–Trinajstić information content (AvgIpc) is 2.65. The van der Waals surface area contributed by atoms with Crippen molar-refractivity contribution in [1.82, 2.24) is 9.78 Å². The Morgan fingerprint density at radius 3 is 2.67 bits per heavy atom. The minimum absolute atomic E-state index is 0.0904. The van der Waals surface area contributed by atoms with E-state index in [4.69, 9.17) is 22.0 Å². The molecule has 0 aliphatic heterocycles. The van der Waals surface area contributed by atoms with Gasteiger partial charge in [0, 0.05) is 0 Å². The summed E-state index contributed by atoms with van der Waals surface area (Å²) in [6.07, 6.45) is 0. The average molecular weight is 262 g/mol.